The van der Waals surface area contributed by atoms with Crippen molar-refractivity contribution in [1.82, 2.24) is 0 Å². The molecule has 0 spiro atoms. The predicted octanol–water partition coefficient (Wildman–Crippen LogP) is 1.82. The van der Waals surface area contributed by atoms with Crippen LogP contribution in [0.25, 0.3) is 0 Å². The van der Waals surface area contributed by atoms with Crippen LogP contribution in [0.15, 0.2) is 24.3 Å². The van der Waals surface area contributed by atoms with Gasteiger partial charge in [0.2, 0.25) is 0 Å². The van der Waals surface area contributed by atoms with E-state index < -0.39 is 18.3 Å². The van der Waals surface area contributed by atoms with Crippen LogP contribution in [0.5, 0.6) is 0 Å². The Hall–Kier alpha value is -1.96. The molecule has 5 heteroatoms. The highest BCUT2D eigenvalue weighted by atomic mass is 19.3. The average Bonchev–Trinajstić information content (AvgIpc) is 2.18. The predicted molar refractivity (Wildman–Crippen MR) is 47.4 cm³/mol. The van der Waals surface area contributed by atoms with Crippen molar-refractivity contribution in [2.24, 2.45) is 0 Å². The molecule has 0 unspecified atom stereocenters. The maximum atomic E-state index is 12.8. The fourth-order valence-electron chi connectivity index (χ4n) is 1.10. The summed E-state index contributed by atoms with van der Waals surface area (Å²) in [5.74, 6) is -6.03. The Balaban J connectivity index is 3.00. The molecule has 0 aliphatic carbocycles. The number of hydrogen-bond donors (Lipinski definition) is 1. The minimum Gasteiger partial charge on any atom is -0.477 e. The fraction of sp³-hybridized carbons (Fsp3) is 0.200. The maximum absolute atomic E-state index is 12.8. The second-order valence-corrected chi connectivity index (χ2v) is 2.96. The van der Waals surface area contributed by atoms with Crippen LogP contribution in [-0.4, -0.2) is 17.0 Å². The first-order valence-electron chi connectivity index (χ1n) is 4.06. The summed E-state index contributed by atoms with van der Waals surface area (Å²) in [7, 11) is 0. The zero-order valence-corrected chi connectivity index (χ0v) is 7.58. The van der Waals surface area contributed by atoms with Crippen LogP contribution in [0.1, 0.15) is 11.1 Å². The molecule has 0 radical (unpaired) electrons. The van der Waals surface area contributed by atoms with E-state index in [-0.39, 0.29) is 11.1 Å². The Morgan fingerprint density at radius 1 is 1.47 bits per heavy atom. The number of hydrogen-bond acceptors (Lipinski definition) is 2. The lowest BCUT2D eigenvalue weighted by molar-refractivity contribution is -0.164. The quantitative estimate of drug-likeness (QED) is 0.829. The lowest BCUT2D eigenvalue weighted by Gasteiger charge is -2.11. The third kappa shape index (κ3) is 2.50. The van der Waals surface area contributed by atoms with Crippen LogP contribution in [0.3, 0.4) is 0 Å². The number of rotatable bonds is 3. The smallest absolute Gasteiger partial charge is 0.374 e. The van der Waals surface area contributed by atoms with Crippen LogP contribution in [-0.2, 0) is 11.2 Å². The van der Waals surface area contributed by atoms with E-state index in [1.54, 1.807) is 6.07 Å². The minimum atomic E-state index is -3.84. The topological polar surface area (TPSA) is 61.1 Å². The van der Waals surface area contributed by atoms with E-state index in [9.17, 15) is 13.6 Å². The molecular formula is C10H7F2NO2. The van der Waals surface area contributed by atoms with Gasteiger partial charge in [-0.05, 0) is 11.6 Å². The van der Waals surface area contributed by atoms with Gasteiger partial charge in [0.1, 0.15) is 0 Å². The van der Waals surface area contributed by atoms with Crippen molar-refractivity contribution in [2.75, 3.05) is 0 Å². The van der Waals surface area contributed by atoms with Gasteiger partial charge in [0, 0.05) is 6.42 Å². The molecule has 78 valence electrons. The molecule has 0 bridgehead atoms. The first-order valence-corrected chi connectivity index (χ1v) is 4.06. The van der Waals surface area contributed by atoms with Crippen LogP contribution in [0.4, 0.5) is 8.78 Å². The van der Waals surface area contributed by atoms with Gasteiger partial charge in [-0.2, -0.15) is 14.0 Å². The number of nitrogens with zero attached hydrogens (tertiary/aromatic N) is 1. The van der Waals surface area contributed by atoms with E-state index in [0.717, 1.165) is 0 Å². The summed E-state index contributed by atoms with van der Waals surface area (Å²) in [5.41, 5.74) is 0.103. The second kappa shape index (κ2) is 4.05. The SMILES string of the molecule is N#Cc1ccccc1CC(F)(F)C(=O)O. The van der Waals surface area contributed by atoms with E-state index in [1.807, 2.05) is 0 Å². The molecule has 0 aliphatic rings. The van der Waals surface area contributed by atoms with Crippen LogP contribution in [0.2, 0.25) is 0 Å². The van der Waals surface area contributed by atoms with Crippen LogP contribution >= 0.6 is 0 Å². The number of benzene rings is 1. The highest BCUT2D eigenvalue weighted by Gasteiger charge is 2.39. The zero-order valence-electron chi connectivity index (χ0n) is 7.58. The summed E-state index contributed by atoms with van der Waals surface area (Å²) in [4.78, 5) is 10.2. The Morgan fingerprint density at radius 2 is 2.07 bits per heavy atom. The molecule has 0 saturated heterocycles. The molecule has 1 rings (SSSR count). The number of alkyl halides is 2. The molecule has 0 saturated carbocycles. The monoisotopic (exact) mass is 211 g/mol. The van der Waals surface area contributed by atoms with Crippen molar-refractivity contribution < 1.29 is 18.7 Å². The first kappa shape index (κ1) is 11.1. The molecule has 0 aromatic heterocycles. The summed E-state index contributed by atoms with van der Waals surface area (Å²) < 4.78 is 25.7. The summed E-state index contributed by atoms with van der Waals surface area (Å²) >= 11 is 0. The molecular weight excluding hydrogens is 204 g/mol. The van der Waals surface area contributed by atoms with E-state index in [2.05, 4.69) is 0 Å². The van der Waals surface area contributed by atoms with Gasteiger partial charge in [0.15, 0.2) is 0 Å². The summed E-state index contributed by atoms with van der Waals surface area (Å²) in [6, 6.07) is 7.42. The molecule has 1 aromatic carbocycles. The largest absolute Gasteiger partial charge is 0.477 e. The molecule has 0 heterocycles. The van der Waals surface area contributed by atoms with Gasteiger partial charge in [-0.25, -0.2) is 4.79 Å². The molecule has 1 N–H and O–H groups in total. The molecule has 3 nitrogen and oxygen atoms in total. The van der Waals surface area contributed by atoms with Gasteiger partial charge >= 0.3 is 11.9 Å². The van der Waals surface area contributed by atoms with Gasteiger partial charge < -0.3 is 5.11 Å². The third-order valence-corrected chi connectivity index (χ3v) is 1.86. The van der Waals surface area contributed by atoms with E-state index in [4.69, 9.17) is 10.4 Å². The number of carbonyl (C=O) groups is 1. The lowest BCUT2D eigenvalue weighted by atomic mass is 10.0. The first-order chi connectivity index (χ1) is 6.97. The van der Waals surface area contributed by atoms with Crippen LogP contribution in [0, 0.1) is 11.3 Å². The second-order valence-electron chi connectivity index (χ2n) is 2.96. The van der Waals surface area contributed by atoms with Crippen molar-refractivity contribution in [3.63, 3.8) is 0 Å². The van der Waals surface area contributed by atoms with Gasteiger partial charge in [-0.3, -0.25) is 0 Å². The fourth-order valence-corrected chi connectivity index (χ4v) is 1.10. The van der Waals surface area contributed by atoms with Crippen molar-refractivity contribution in [3.05, 3.63) is 35.4 Å². The number of nitriles is 1. The maximum Gasteiger partial charge on any atom is 0.374 e. The molecule has 0 amide bonds. The summed E-state index contributed by atoms with van der Waals surface area (Å²) in [6.45, 7) is 0. The average molecular weight is 211 g/mol. The van der Waals surface area contributed by atoms with Gasteiger partial charge in [-0.1, -0.05) is 18.2 Å². The van der Waals surface area contributed by atoms with Crippen LogP contribution < -0.4 is 0 Å². The highest BCUT2D eigenvalue weighted by Crippen LogP contribution is 2.22. The number of carboxylic acid groups (broad SMARTS) is 1. The van der Waals surface area contributed by atoms with Crippen molar-refractivity contribution in [2.45, 2.75) is 12.3 Å². The zero-order chi connectivity index (χ0) is 11.5. The molecule has 0 atom stereocenters. The van der Waals surface area contributed by atoms with Gasteiger partial charge in [-0.15, -0.1) is 0 Å². The van der Waals surface area contributed by atoms with E-state index in [0.29, 0.717) is 0 Å². The Morgan fingerprint density at radius 3 is 2.60 bits per heavy atom. The number of carboxylic acids is 1. The Bertz CT molecular complexity index is 424. The summed E-state index contributed by atoms with van der Waals surface area (Å²) in [6.07, 6.45) is -0.966. The summed E-state index contributed by atoms with van der Waals surface area (Å²) in [5, 5.41) is 16.8. The molecule has 0 fully saturated rings. The Kier molecular flexibility index (Phi) is 3.00. The van der Waals surface area contributed by atoms with Crippen molar-refractivity contribution >= 4 is 5.97 Å². The number of aliphatic carboxylic acids is 1. The van der Waals surface area contributed by atoms with E-state index >= 15 is 0 Å². The molecule has 15 heavy (non-hydrogen) atoms. The van der Waals surface area contributed by atoms with Gasteiger partial charge in [0.05, 0.1) is 11.6 Å². The number of halogens is 2. The van der Waals surface area contributed by atoms with E-state index in [1.165, 1.54) is 24.3 Å². The Labute approximate surface area is 84.6 Å². The third-order valence-electron chi connectivity index (χ3n) is 1.86. The van der Waals surface area contributed by atoms with Crippen molar-refractivity contribution in [1.29, 1.82) is 5.26 Å². The lowest BCUT2D eigenvalue weighted by Crippen LogP contribution is -2.30. The molecule has 0 aliphatic heterocycles. The molecule has 1 aromatic rings. The standard InChI is InChI=1S/C10H7F2NO2/c11-10(12,9(14)15)5-7-3-1-2-4-8(7)6-13/h1-4H,5H2,(H,14,15). The van der Waals surface area contributed by atoms with Gasteiger partial charge in [0.25, 0.3) is 0 Å². The minimum absolute atomic E-state index is 0.0346. The van der Waals surface area contributed by atoms with Crippen molar-refractivity contribution in [3.8, 4) is 6.07 Å². The normalized spacial score (nSPS) is 10.7. The highest BCUT2D eigenvalue weighted by molar-refractivity contribution is 5.75.